The molecule has 3 rings (SSSR count). The minimum Gasteiger partial charge on any atom is -0.478 e. The van der Waals surface area contributed by atoms with Gasteiger partial charge in [-0.1, -0.05) is 29.8 Å². The SMILES string of the molecule is CCN(CC)c1c(-c2ccc(C)cc2)nc2ccc(F)cc2c1C(=O)O. The highest BCUT2D eigenvalue weighted by atomic mass is 19.1. The summed E-state index contributed by atoms with van der Waals surface area (Å²) < 4.78 is 13.8. The molecule has 0 radical (unpaired) electrons. The number of anilines is 1. The smallest absolute Gasteiger partial charge is 0.338 e. The van der Waals surface area contributed by atoms with E-state index in [1.807, 2.05) is 49.9 Å². The number of aromatic nitrogens is 1. The predicted octanol–water partition coefficient (Wildman–Crippen LogP) is 4.89. The summed E-state index contributed by atoms with van der Waals surface area (Å²) in [6.07, 6.45) is 0. The molecule has 0 fully saturated rings. The molecule has 1 N–H and O–H groups in total. The quantitative estimate of drug-likeness (QED) is 0.710. The van der Waals surface area contributed by atoms with E-state index in [1.165, 1.54) is 18.2 Å². The lowest BCUT2D eigenvalue weighted by Gasteiger charge is -2.26. The van der Waals surface area contributed by atoms with Crippen molar-refractivity contribution in [1.29, 1.82) is 0 Å². The fourth-order valence-corrected chi connectivity index (χ4v) is 3.20. The maximum atomic E-state index is 13.8. The Morgan fingerprint density at radius 3 is 2.35 bits per heavy atom. The van der Waals surface area contributed by atoms with Gasteiger partial charge in [-0.3, -0.25) is 0 Å². The molecule has 0 amide bonds. The number of halogens is 1. The average molecular weight is 352 g/mol. The molecule has 2 aromatic carbocycles. The molecular weight excluding hydrogens is 331 g/mol. The lowest BCUT2D eigenvalue weighted by atomic mass is 9.99. The molecule has 0 saturated heterocycles. The van der Waals surface area contributed by atoms with Crippen LogP contribution in [0.4, 0.5) is 10.1 Å². The molecular formula is C21H21FN2O2. The number of hydrogen-bond donors (Lipinski definition) is 1. The first-order valence-electron chi connectivity index (χ1n) is 8.64. The van der Waals surface area contributed by atoms with Crippen molar-refractivity contribution in [2.45, 2.75) is 20.8 Å². The second-order valence-corrected chi connectivity index (χ2v) is 6.19. The Labute approximate surface area is 151 Å². The van der Waals surface area contributed by atoms with Crippen LogP contribution in [0.5, 0.6) is 0 Å². The Morgan fingerprint density at radius 2 is 1.77 bits per heavy atom. The summed E-state index contributed by atoms with van der Waals surface area (Å²) in [5.74, 6) is -1.56. The lowest BCUT2D eigenvalue weighted by Crippen LogP contribution is -2.25. The molecule has 1 heterocycles. The van der Waals surface area contributed by atoms with Gasteiger partial charge in [0.25, 0.3) is 0 Å². The minimum absolute atomic E-state index is 0.0915. The Balaban J connectivity index is 2.45. The molecule has 0 bridgehead atoms. The zero-order chi connectivity index (χ0) is 18.8. The van der Waals surface area contributed by atoms with Crippen LogP contribution in [0.3, 0.4) is 0 Å². The van der Waals surface area contributed by atoms with Crippen LogP contribution >= 0.6 is 0 Å². The summed E-state index contributed by atoms with van der Waals surface area (Å²) in [7, 11) is 0. The van der Waals surface area contributed by atoms with Crippen LogP contribution in [0.25, 0.3) is 22.2 Å². The van der Waals surface area contributed by atoms with E-state index in [-0.39, 0.29) is 5.56 Å². The van der Waals surface area contributed by atoms with Crippen LogP contribution in [-0.4, -0.2) is 29.1 Å². The number of nitrogens with zero attached hydrogens (tertiary/aromatic N) is 2. The van der Waals surface area contributed by atoms with Crippen molar-refractivity contribution in [3.8, 4) is 11.3 Å². The number of rotatable bonds is 5. The average Bonchev–Trinajstić information content (AvgIpc) is 2.62. The number of carbonyl (C=O) groups is 1. The highest BCUT2D eigenvalue weighted by Gasteiger charge is 2.24. The van der Waals surface area contributed by atoms with Crippen LogP contribution in [-0.2, 0) is 0 Å². The number of hydrogen-bond acceptors (Lipinski definition) is 3. The minimum atomic E-state index is -1.08. The van der Waals surface area contributed by atoms with Gasteiger partial charge < -0.3 is 10.0 Å². The third-order valence-electron chi connectivity index (χ3n) is 4.54. The van der Waals surface area contributed by atoms with E-state index >= 15 is 0 Å². The molecule has 134 valence electrons. The number of carboxylic acids is 1. The maximum absolute atomic E-state index is 13.8. The van der Waals surface area contributed by atoms with E-state index in [9.17, 15) is 14.3 Å². The molecule has 4 nitrogen and oxygen atoms in total. The van der Waals surface area contributed by atoms with E-state index in [1.54, 1.807) is 0 Å². The molecule has 0 spiro atoms. The van der Waals surface area contributed by atoms with Crippen LogP contribution in [0.2, 0.25) is 0 Å². The standard InChI is InChI=1S/C21H21FN2O2/c1-4-24(5-2)20-18(21(25)26)16-12-15(22)10-11-17(16)23-19(20)14-8-6-13(3)7-9-14/h6-12H,4-5H2,1-3H3,(H,25,26). The molecule has 3 aromatic rings. The van der Waals surface area contributed by atoms with Crippen molar-refractivity contribution >= 4 is 22.6 Å². The highest BCUT2D eigenvalue weighted by molar-refractivity contribution is 6.10. The number of aromatic carboxylic acids is 1. The Kier molecular flexibility index (Phi) is 4.89. The number of carboxylic acid groups (broad SMARTS) is 1. The summed E-state index contributed by atoms with van der Waals surface area (Å²) in [6.45, 7) is 7.16. The Bertz CT molecular complexity index is 964. The predicted molar refractivity (Wildman–Crippen MR) is 102 cm³/mol. The van der Waals surface area contributed by atoms with Crippen LogP contribution in [0, 0.1) is 12.7 Å². The van der Waals surface area contributed by atoms with Crippen LogP contribution < -0.4 is 4.90 Å². The highest BCUT2D eigenvalue weighted by Crippen LogP contribution is 2.37. The number of aryl methyl sites for hydroxylation is 1. The van der Waals surface area contributed by atoms with Gasteiger partial charge in [-0.2, -0.15) is 0 Å². The van der Waals surface area contributed by atoms with Gasteiger partial charge in [0.1, 0.15) is 5.82 Å². The van der Waals surface area contributed by atoms with Gasteiger partial charge >= 0.3 is 5.97 Å². The zero-order valence-corrected chi connectivity index (χ0v) is 15.1. The van der Waals surface area contributed by atoms with E-state index in [2.05, 4.69) is 0 Å². The van der Waals surface area contributed by atoms with Gasteiger partial charge in [-0.25, -0.2) is 14.2 Å². The van der Waals surface area contributed by atoms with E-state index in [0.717, 1.165) is 11.1 Å². The second kappa shape index (κ2) is 7.12. The fraction of sp³-hybridized carbons (Fsp3) is 0.238. The van der Waals surface area contributed by atoms with Crippen molar-refractivity contribution in [3.63, 3.8) is 0 Å². The lowest BCUT2D eigenvalue weighted by molar-refractivity contribution is 0.0699. The molecule has 0 aliphatic carbocycles. The third-order valence-corrected chi connectivity index (χ3v) is 4.54. The molecule has 5 heteroatoms. The van der Waals surface area contributed by atoms with Crippen molar-refractivity contribution < 1.29 is 14.3 Å². The van der Waals surface area contributed by atoms with E-state index in [0.29, 0.717) is 35.4 Å². The number of pyridine rings is 1. The van der Waals surface area contributed by atoms with Gasteiger partial charge in [0.05, 0.1) is 22.5 Å². The van der Waals surface area contributed by atoms with Crippen LogP contribution in [0.1, 0.15) is 29.8 Å². The van der Waals surface area contributed by atoms with Gasteiger partial charge in [-0.15, -0.1) is 0 Å². The monoisotopic (exact) mass is 352 g/mol. The van der Waals surface area contributed by atoms with Crippen LogP contribution in [0.15, 0.2) is 42.5 Å². The van der Waals surface area contributed by atoms with Crippen molar-refractivity contribution in [2.75, 3.05) is 18.0 Å². The summed E-state index contributed by atoms with van der Waals surface area (Å²) in [5.41, 5.74) is 3.64. The normalized spacial score (nSPS) is 10.9. The third kappa shape index (κ3) is 3.12. The van der Waals surface area contributed by atoms with Crippen molar-refractivity contribution in [2.24, 2.45) is 0 Å². The first-order chi connectivity index (χ1) is 12.5. The summed E-state index contributed by atoms with van der Waals surface area (Å²) >= 11 is 0. The topological polar surface area (TPSA) is 53.4 Å². The van der Waals surface area contributed by atoms with Gasteiger partial charge in [0.2, 0.25) is 0 Å². The summed E-state index contributed by atoms with van der Waals surface area (Å²) in [6, 6.07) is 11.9. The summed E-state index contributed by atoms with van der Waals surface area (Å²) in [4.78, 5) is 18.8. The van der Waals surface area contributed by atoms with Crippen molar-refractivity contribution in [3.05, 3.63) is 59.4 Å². The zero-order valence-electron chi connectivity index (χ0n) is 15.1. The first kappa shape index (κ1) is 17.9. The first-order valence-corrected chi connectivity index (χ1v) is 8.64. The van der Waals surface area contributed by atoms with Gasteiger partial charge in [-0.05, 0) is 39.0 Å². The largest absolute Gasteiger partial charge is 0.478 e. The number of fused-ring (bicyclic) bond motifs is 1. The molecule has 1 aromatic heterocycles. The molecule has 0 aliphatic heterocycles. The summed E-state index contributed by atoms with van der Waals surface area (Å²) in [5, 5.41) is 10.2. The Morgan fingerprint density at radius 1 is 1.12 bits per heavy atom. The Hall–Kier alpha value is -2.95. The van der Waals surface area contributed by atoms with E-state index in [4.69, 9.17) is 4.98 Å². The molecule has 0 unspecified atom stereocenters. The van der Waals surface area contributed by atoms with Gasteiger partial charge in [0, 0.05) is 24.0 Å². The number of benzene rings is 2. The fourth-order valence-electron chi connectivity index (χ4n) is 3.20. The molecule has 0 saturated carbocycles. The molecule has 0 atom stereocenters. The molecule has 26 heavy (non-hydrogen) atoms. The molecule has 0 aliphatic rings. The van der Waals surface area contributed by atoms with E-state index < -0.39 is 11.8 Å². The van der Waals surface area contributed by atoms with Crippen molar-refractivity contribution in [1.82, 2.24) is 4.98 Å². The maximum Gasteiger partial charge on any atom is 0.338 e. The van der Waals surface area contributed by atoms with Gasteiger partial charge in [0.15, 0.2) is 0 Å². The second-order valence-electron chi connectivity index (χ2n) is 6.19.